The number of aromatic nitrogens is 5. The fraction of sp³-hybridized carbons (Fsp3) is 0.0476. The van der Waals surface area contributed by atoms with E-state index in [1.807, 2.05) is 84.9 Å². The van der Waals surface area contributed by atoms with Crippen molar-refractivity contribution in [1.29, 1.82) is 0 Å². The van der Waals surface area contributed by atoms with Gasteiger partial charge in [-0.25, -0.2) is 19.9 Å². The van der Waals surface area contributed by atoms with Crippen molar-refractivity contribution in [2.75, 3.05) is 0 Å². The molecule has 0 spiro atoms. The van der Waals surface area contributed by atoms with Crippen molar-refractivity contribution in [3.63, 3.8) is 0 Å². The van der Waals surface area contributed by atoms with E-state index < -0.39 is 0 Å². The van der Waals surface area contributed by atoms with Crippen molar-refractivity contribution in [2.45, 2.75) is 13.5 Å². The Hall–Kier alpha value is -6.40. The molecule has 0 aliphatic heterocycles. The molecule has 3 heterocycles. The van der Waals surface area contributed by atoms with Crippen LogP contribution in [0, 0.1) is 0 Å². The first-order valence-electron chi connectivity index (χ1n) is 16.1. The molecule has 0 unspecified atom stereocenters. The number of hydrogen-bond acceptors (Lipinski definition) is 5. The lowest BCUT2D eigenvalue weighted by Gasteiger charge is -2.09. The predicted octanol–water partition coefficient (Wildman–Crippen LogP) is 10.5. The van der Waals surface area contributed by atoms with Gasteiger partial charge in [-0.2, -0.15) is 0 Å². The lowest BCUT2D eigenvalue weighted by atomic mass is 9.97. The van der Waals surface area contributed by atoms with Gasteiger partial charge in [-0.1, -0.05) is 109 Å². The number of benzene rings is 6. The van der Waals surface area contributed by atoms with Crippen LogP contribution in [-0.4, -0.2) is 24.5 Å². The Bertz CT molecular complexity index is 2530. The van der Waals surface area contributed by atoms with E-state index in [0.717, 1.165) is 78.7 Å². The Morgan fingerprint density at radius 3 is 1.79 bits per heavy atom. The van der Waals surface area contributed by atoms with Crippen LogP contribution in [0.2, 0.25) is 0 Å². The zero-order valence-corrected chi connectivity index (χ0v) is 26.2. The van der Waals surface area contributed by atoms with E-state index in [0.29, 0.717) is 17.5 Å². The highest BCUT2D eigenvalue weighted by molar-refractivity contribution is 6.13. The van der Waals surface area contributed by atoms with Gasteiger partial charge in [0.15, 0.2) is 17.5 Å². The Balaban J connectivity index is 1.17. The predicted molar refractivity (Wildman–Crippen MR) is 193 cm³/mol. The van der Waals surface area contributed by atoms with E-state index in [9.17, 15) is 0 Å². The highest BCUT2D eigenvalue weighted by Gasteiger charge is 2.17. The van der Waals surface area contributed by atoms with Crippen LogP contribution in [0.15, 0.2) is 150 Å². The third kappa shape index (κ3) is 4.74. The van der Waals surface area contributed by atoms with Gasteiger partial charge in [0.25, 0.3) is 0 Å². The lowest BCUT2D eigenvalue weighted by molar-refractivity contribution is 0.669. The second-order valence-electron chi connectivity index (χ2n) is 11.8. The van der Waals surface area contributed by atoms with Crippen molar-refractivity contribution in [2.24, 2.45) is 0 Å². The first-order chi connectivity index (χ1) is 23.7. The smallest absolute Gasteiger partial charge is 0.164 e. The zero-order valence-electron chi connectivity index (χ0n) is 26.2. The van der Waals surface area contributed by atoms with Crippen molar-refractivity contribution < 1.29 is 4.42 Å². The molecule has 0 fully saturated rings. The molecule has 9 aromatic rings. The fourth-order valence-electron chi connectivity index (χ4n) is 6.56. The minimum absolute atomic E-state index is 0.611. The molecule has 3 aromatic heterocycles. The van der Waals surface area contributed by atoms with Crippen LogP contribution in [0.3, 0.4) is 0 Å². The molecule has 0 bridgehead atoms. The molecule has 0 amide bonds. The van der Waals surface area contributed by atoms with Crippen molar-refractivity contribution in [3.05, 3.63) is 146 Å². The summed E-state index contributed by atoms with van der Waals surface area (Å²) < 4.78 is 8.65. The second-order valence-corrected chi connectivity index (χ2v) is 11.8. The average molecular weight is 620 g/mol. The third-order valence-corrected chi connectivity index (χ3v) is 8.88. The zero-order chi connectivity index (χ0) is 32.0. The normalized spacial score (nSPS) is 11.5. The summed E-state index contributed by atoms with van der Waals surface area (Å²) in [7, 11) is 0. The summed E-state index contributed by atoms with van der Waals surface area (Å²) in [5.41, 5.74) is 9.87. The largest absolute Gasteiger partial charge is 0.456 e. The molecule has 0 saturated heterocycles. The van der Waals surface area contributed by atoms with E-state index in [4.69, 9.17) is 24.4 Å². The maximum Gasteiger partial charge on any atom is 0.164 e. The molecule has 9 rings (SSSR count). The second kappa shape index (κ2) is 11.4. The fourth-order valence-corrected chi connectivity index (χ4v) is 6.56. The van der Waals surface area contributed by atoms with E-state index in [-0.39, 0.29) is 0 Å². The minimum Gasteiger partial charge on any atom is -0.456 e. The van der Waals surface area contributed by atoms with Gasteiger partial charge in [-0.15, -0.1) is 0 Å². The van der Waals surface area contributed by atoms with Crippen LogP contribution in [0.25, 0.3) is 89.7 Å². The number of hydrogen-bond donors (Lipinski definition) is 0. The standard InChI is InChI=1S/C42H29N5O/c1-2-47-35-18-10-9-17-34(35)43-42(47)30-22-20-27(21-23-30)32-16-11-19-37-38(32)33-26-31(24-25-36(33)48-37)41-45-39(28-12-5-3-6-13-28)44-40(46-41)29-14-7-4-8-15-29/h3-26H,2H2,1H3. The van der Waals surface area contributed by atoms with Crippen LogP contribution in [0.1, 0.15) is 6.92 Å². The monoisotopic (exact) mass is 619 g/mol. The lowest BCUT2D eigenvalue weighted by Crippen LogP contribution is -2.00. The molecule has 0 saturated carbocycles. The summed E-state index contributed by atoms with van der Waals surface area (Å²) in [6.45, 7) is 3.01. The van der Waals surface area contributed by atoms with Gasteiger partial charge in [-0.3, -0.25) is 0 Å². The molecule has 6 nitrogen and oxygen atoms in total. The Morgan fingerprint density at radius 1 is 0.500 bits per heavy atom. The highest BCUT2D eigenvalue weighted by Crippen LogP contribution is 2.39. The van der Waals surface area contributed by atoms with Gasteiger partial charge < -0.3 is 8.98 Å². The van der Waals surface area contributed by atoms with Gasteiger partial charge in [0, 0.05) is 39.6 Å². The number of fused-ring (bicyclic) bond motifs is 4. The minimum atomic E-state index is 0.611. The van der Waals surface area contributed by atoms with E-state index in [1.54, 1.807) is 0 Å². The van der Waals surface area contributed by atoms with Crippen LogP contribution in [-0.2, 0) is 6.54 Å². The Labute approximate surface area is 277 Å². The van der Waals surface area contributed by atoms with E-state index >= 15 is 0 Å². The molecular formula is C42H29N5O. The summed E-state index contributed by atoms with van der Waals surface area (Å²) in [5, 5.41) is 2.07. The number of furan rings is 1. The maximum atomic E-state index is 6.38. The number of aryl methyl sites for hydroxylation is 1. The molecule has 6 aromatic carbocycles. The molecule has 0 aliphatic carbocycles. The number of para-hydroxylation sites is 2. The van der Waals surface area contributed by atoms with Gasteiger partial charge in [0.05, 0.1) is 11.0 Å². The van der Waals surface area contributed by atoms with Crippen LogP contribution >= 0.6 is 0 Å². The van der Waals surface area contributed by atoms with Crippen LogP contribution in [0.4, 0.5) is 0 Å². The summed E-state index contributed by atoms with van der Waals surface area (Å²) in [4.78, 5) is 19.7. The first-order valence-corrected chi connectivity index (χ1v) is 16.1. The topological polar surface area (TPSA) is 69.6 Å². The first kappa shape index (κ1) is 27.9. The molecule has 6 heteroatoms. The van der Waals surface area contributed by atoms with Gasteiger partial charge in [0.2, 0.25) is 0 Å². The van der Waals surface area contributed by atoms with Crippen molar-refractivity contribution >= 4 is 33.0 Å². The molecule has 0 aliphatic rings. The average Bonchev–Trinajstić information content (AvgIpc) is 3.73. The van der Waals surface area contributed by atoms with Crippen molar-refractivity contribution in [3.8, 4) is 56.7 Å². The van der Waals surface area contributed by atoms with E-state index in [2.05, 4.69) is 72.2 Å². The molecule has 0 radical (unpaired) electrons. The molecule has 48 heavy (non-hydrogen) atoms. The molecule has 0 N–H and O–H groups in total. The van der Waals surface area contributed by atoms with Crippen LogP contribution in [0.5, 0.6) is 0 Å². The molecule has 228 valence electrons. The molecule has 0 atom stereocenters. The summed E-state index contributed by atoms with van der Waals surface area (Å²) in [5.74, 6) is 2.85. The maximum absolute atomic E-state index is 6.38. The highest BCUT2D eigenvalue weighted by atomic mass is 16.3. The SMILES string of the molecule is CCn1c(-c2ccc(-c3cccc4oc5ccc(-c6nc(-c7ccccc7)nc(-c7ccccc7)n6)cc5c34)cc2)nc2ccccc21. The molecular weight excluding hydrogens is 590 g/mol. The third-order valence-electron chi connectivity index (χ3n) is 8.88. The van der Waals surface area contributed by atoms with Crippen LogP contribution < -0.4 is 0 Å². The van der Waals surface area contributed by atoms with Crippen molar-refractivity contribution in [1.82, 2.24) is 24.5 Å². The number of imidazole rings is 1. The summed E-state index contributed by atoms with van der Waals surface area (Å²) >= 11 is 0. The summed E-state index contributed by atoms with van der Waals surface area (Å²) in [6.07, 6.45) is 0. The Kier molecular flexibility index (Phi) is 6.64. The number of nitrogens with zero attached hydrogens (tertiary/aromatic N) is 5. The van der Waals surface area contributed by atoms with E-state index in [1.165, 1.54) is 0 Å². The quantitative estimate of drug-likeness (QED) is 0.185. The van der Waals surface area contributed by atoms with Gasteiger partial charge in [-0.05, 0) is 54.4 Å². The van der Waals surface area contributed by atoms with Gasteiger partial charge in [0.1, 0.15) is 17.0 Å². The Morgan fingerprint density at radius 2 is 1.10 bits per heavy atom. The number of rotatable bonds is 6. The summed E-state index contributed by atoms with van der Waals surface area (Å²) in [6, 6.07) is 49.5. The van der Waals surface area contributed by atoms with Gasteiger partial charge >= 0.3 is 0 Å².